The summed E-state index contributed by atoms with van der Waals surface area (Å²) in [5.41, 5.74) is 0.948. The van der Waals surface area contributed by atoms with E-state index in [1.165, 1.54) is 0 Å². The van der Waals surface area contributed by atoms with E-state index in [1.807, 2.05) is 41.6 Å². The third-order valence-corrected chi connectivity index (χ3v) is 1.90. The second-order valence-corrected chi connectivity index (χ2v) is 2.64. The SMILES string of the molecule is CNc1ccnc2cc[n+](C)n12. The lowest BCUT2D eigenvalue weighted by Crippen LogP contribution is -2.34. The van der Waals surface area contributed by atoms with Crippen molar-refractivity contribution < 1.29 is 4.68 Å². The Morgan fingerprint density at radius 2 is 2.33 bits per heavy atom. The van der Waals surface area contributed by atoms with Gasteiger partial charge in [-0.2, -0.15) is 0 Å². The van der Waals surface area contributed by atoms with Crippen molar-refractivity contribution in [3.8, 4) is 0 Å². The molecule has 2 aromatic heterocycles. The molecule has 0 fully saturated rings. The summed E-state index contributed by atoms with van der Waals surface area (Å²) >= 11 is 0. The highest BCUT2D eigenvalue weighted by molar-refractivity contribution is 5.44. The van der Waals surface area contributed by atoms with Crippen molar-refractivity contribution in [2.45, 2.75) is 0 Å². The van der Waals surface area contributed by atoms with Gasteiger partial charge in [0.2, 0.25) is 5.65 Å². The Kier molecular flexibility index (Phi) is 1.46. The minimum Gasteiger partial charge on any atom is -0.370 e. The number of fused-ring (bicyclic) bond motifs is 1. The maximum atomic E-state index is 4.21. The number of rotatable bonds is 1. The third-order valence-electron chi connectivity index (χ3n) is 1.90. The molecule has 0 bridgehead atoms. The Morgan fingerprint density at radius 1 is 1.50 bits per heavy atom. The predicted octanol–water partition coefficient (Wildman–Crippen LogP) is 0.200. The maximum absolute atomic E-state index is 4.21. The minimum atomic E-state index is 0.948. The molecule has 0 aromatic carbocycles. The van der Waals surface area contributed by atoms with Gasteiger partial charge in [0.05, 0.1) is 6.07 Å². The van der Waals surface area contributed by atoms with Gasteiger partial charge in [-0.3, -0.25) is 0 Å². The molecule has 2 heterocycles. The van der Waals surface area contributed by atoms with Gasteiger partial charge in [-0.15, -0.1) is 4.68 Å². The van der Waals surface area contributed by atoms with Gasteiger partial charge < -0.3 is 5.32 Å². The van der Waals surface area contributed by atoms with E-state index in [2.05, 4.69) is 10.3 Å². The molecular formula is C8H11N4+. The van der Waals surface area contributed by atoms with Crippen LogP contribution in [0.2, 0.25) is 0 Å². The van der Waals surface area contributed by atoms with Gasteiger partial charge >= 0.3 is 0 Å². The van der Waals surface area contributed by atoms with Crippen LogP contribution in [0.25, 0.3) is 5.65 Å². The Labute approximate surface area is 70.4 Å². The molecule has 2 aromatic rings. The highest BCUT2D eigenvalue weighted by Gasteiger charge is 2.07. The van der Waals surface area contributed by atoms with Crippen molar-refractivity contribution in [2.24, 2.45) is 7.05 Å². The Morgan fingerprint density at radius 3 is 3.08 bits per heavy atom. The van der Waals surface area contributed by atoms with Gasteiger partial charge in [0, 0.05) is 19.3 Å². The number of nitrogens with zero attached hydrogens (tertiary/aromatic N) is 3. The van der Waals surface area contributed by atoms with E-state index < -0.39 is 0 Å². The molecule has 0 aliphatic heterocycles. The van der Waals surface area contributed by atoms with E-state index in [4.69, 9.17) is 0 Å². The molecule has 1 N–H and O–H groups in total. The first kappa shape index (κ1) is 7.09. The molecule has 0 aliphatic rings. The quantitative estimate of drug-likeness (QED) is 0.609. The van der Waals surface area contributed by atoms with Crippen LogP contribution in [0.1, 0.15) is 0 Å². The molecule has 0 radical (unpaired) electrons. The highest BCUT2D eigenvalue weighted by atomic mass is 15.4. The molecular weight excluding hydrogens is 152 g/mol. The highest BCUT2D eigenvalue weighted by Crippen LogP contribution is 2.05. The zero-order valence-electron chi connectivity index (χ0n) is 7.15. The summed E-state index contributed by atoms with van der Waals surface area (Å²) in [5, 5.41) is 3.10. The number of aryl methyl sites for hydroxylation is 1. The van der Waals surface area contributed by atoms with E-state index in [-0.39, 0.29) is 0 Å². The van der Waals surface area contributed by atoms with Crippen LogP contribution >= 0.6 is 0 Å². The fourth-order valence-corrected chi connectivity index (χ4v) is 1.31. The molecule has 0 saturated carbocycles. The second kappa shape index (κ2) is 2.48. The third kappa shape index (κ3) is 0.845. The molecule has 0 amide bonds. The van der Waals surface area contributed by atoms with Crippen molar-refractivity contribution in [1.29, 1.82) is 0 Å². The lowest BCUT2D eigenvalue weighted by Gasteiger charge is -1.99. The first-order valence-corrected chi connectivity index (χ1v) is 3.83. The van der Waals surface area contributed by atoms with E-state index in [0.717, 1.165) is 11.5 Å². The van der Waals surface area contributed by atoms with Crippen LogP contribution in [0, 0.1) is 0 Å². The minimum absolute atomic E-state index is 0.948. The Bertz CT molecular complexity index is 404. The van der Waals surface area contributed by atoms with Gasteiger partial charge in [-0.05, 0) is 0 Å². The van der Waals surface area contributed by atoms with Gasteiger partial charge in [-0.1, -0.05) is 4.52 Å². The lowest BCUT2D eigenvalue weighted by atomic mass is 10.5. The molecule has 62 valence electrons. The second-order valence-electron chi connectivity index (χ2n) is 2.64. The van der Waals surface area contributed by atoms with E-state index in [9.17, 15) is 0 Å². The standard InChI is InChI=1S/C8H10N4/c1-9-7-3-5-10-8-4-6-11(2)12(7)8/h3-6H,1-2H3/p+1. The van der Waals surface area contributed by atoms with E-state index in [0.29, 0.717) is 0 Å². The van der Waals surface area contributed by atoms with Gasteiger partial charge in [0.25, 0.3) is 0 Å². The smallest absolute Gasteiger partial charge is 0.201 e. The van der Waals surface area contributed by atoms with Gasteiger partial charge in [0.15, 0.2) is 19.1 Å². The van der Waals surface area contributed by atoms with Gasteiger partial charge in [0.1, 0.15) is 0 Å². The molecule has 0 aliphatic carbocycles. The number of aromatic nitrogens is 3. The molecule has 4 heteroatoms. The summed E-state index contributed by atoms with van der Waals surface area (Å²) in [5.74, 6) is 1.03. The molecule has 4 nitrogen and oxygen atoms in total. The molecule has 12 heavy (non-hydrogen) atoms. The average Bonchev–Trinajstić information content (AvgIpc) is 2.48. The lowest BCUT2D eigenvalue weighted by molar-refractivity contribution is -0.736. The summed E-state index contributed by atoms with van der Waals surface area (Å²) in [6.45, 7) is 0. The van der Waals surface area contributed by atoms with Crippen LogP contribution in [0.15, 0.2) is 24.5 Å². The van der Waals surface area contributed by atoms with Crippen molar-refractivity contribution in [1.82, 2.24) is 9.50 Å². The summed E-state index contributed by atoms with van der Waals surface area (Å²) in [7, 11) is 3.88. The molecule has 0 unspecified atom stereocenters. The van der Waals surface area contributed by atoms with E-state index >= 15 is 0 Å². The summed E-state index contributed by atoms with van der Waals surface area (Å²) in [4.78, 5) is 4.21. The fraction of sp³-hybridized carbons (Fsp3) is 0.250. The maximum Gasteiger partial charge on any atom is 0.201 e. The molecule has 2 rings (SSSR count). The van der Waals surface area contributed by atoms with Crippen LogP contribution < -0.4 is 10.00 Å². The van der Waals surface area contributed by atoms with Crippen LogP contribution in [-0.2, 0) is 7.05 Å². The summed E-state index contributed by atoms with van der Waals surface area (Å²) < 4.78 is 3.98. The Balaban J connectivity index is 2.84. The van der Waals surface area contributed by atoms with Crippen molar-refractivity contribution >= 4 is 11.5 Å². The number of hydrogen-bond donors (Lipinski definition) is 1. The van der Waals surface area contributed by atoms with Crippen molar-refractivity contribution in [3.05, 3.63) is 24.5 Å². The number of nitrogens with one attached hydrogen (secondary N) is 1. The monoisotopic (exact) mass is 163 g/mol. The van der Waals surface area contributed by atoms with Crippen LogP contribution in [0.5, 0.6) is 0 Å². The molecule has 0 spiro atoms. The van der Waals surface area contributed by atoms with E-state index in [1.54, 1.807) is 6.20 Å². The summed E-state index contributed by atoms with van der Waals surface area (Å²) in [6, 6.07) is 3.91. The summed E-state index contributed by atoms with van der Waals surface area (Å²) in [6.07, 6.45) is 3.77. The zero-order chi connectivity index (χ0) is 8.55. The topological polar surface area (TPSA) is 33.2 Å². The first-order chi connectivity index (χ1) is 5.83. The van der Waals surface area contributed by atoms with Crippen molar-refractivity contribution in [3.63, 3.8) is 0 Å². The molecule has 0 atom stereocenters. The van der Waals surface area contributed by atoms with Gasteiger partial charge in [-0.25, -0.2) is 4.98 Å². The number of anilines is 1. The normalized spacial score (nSPS) is 10.5. The van der Waals surface area contributed by atoms with Crippen LogP contribution in [-0.4, -0.2) is 16.5 Å². The molecule has 0 saturated heterocycles. The number of hydrogen-bond acceptors (Lipinski definition) is 2. The van der Waals surface area contributed by atoms with Crippen LogP contribution in [0.4, 0.5) is 5.82 Å². The average molecular weight is 163 g/mol. The Hall–Kier alpha value is -1.58. The largest absolute Gasteiger partial charge is 0.370 e. The van der Waals surface area contributed by atoms with Crippen molar-refractivity contribution in [2.75, 3.05) is 12.4 Å². The van der Waals surface area contributed by atoms with Crippen LogP contribution in [0.3, 0.4) is 0 Å². The zero-order valence-corrected chi connectivity index (χ0v) is 7.15. The first-order valence-electron chi connectivity index (χ1n) is 3.83. The predicted molar refractivity (Wildman–Crippen MR) is 45.9 cm³/mol. The fourth-order valence-electron chi connectivity index (χ4n) is 1.31.